The van der Waals surface area contributed by atoms with Crippen LogP contribution in [0, 0.1) is 0 Å². The highest BCUT2D eigenvalue weighted by Crippen LogP contribution is 2.09. The maximum absolute atomic E-state index is 2.57. The number of nitrogens with zero attached hydrogens (tertiary/aromatic N) is 2. The maximum Gasteiger partial charge on any atom is 0.0112 e. The van der Waals surface area contributed by atoms with E-state index in [1.165, 1.54) is 24.9 Å². The van der Waals surface area contributed by atoms with Crippen LogP contribution in [-0.2, 0) is 6.42 Å². The molecule has 0 aromatic heterocycles. The quantitative estimate of drug-likeness (QED) is 0.698. The van der Waals surface area contributed by atoms with Gasteiger partial charge in [-0.05, 0) is 46.0 Å². The standard InChI is InChI=1S/C16H28N2/c1-5-18(14-13-17(3)4)15(2)11-12-16-9-7-6-8-10-16/h6-10,15H,5,11-14H2,1-4H3/t15-/m1/s1. The van der Waals surface area contributed by atoms with Crippen LogP contribution in [0.4, 0.5) is 0 Å². The fourth-order valence-corrected chi connectivity index (χ4v) is 2.22. The Morgan fingerprint density at radius 1 is 1.06 bits per heavy atom. The van der Waals surface area contributed by atoms with Crippen LogP contribution in [0.2, 0.25) is 0 Å². The summed E-state index contributed by atoms with van der Waals surface area (Å²) in [4.78, 5) is 4.83. The SMILES string of the molecule is CCN(CCN(C)C)[C@H](C)CCc1ccccc1. The lowest BCUT2D eigenvalue weighted by Crippen LogP contribution is -2.38. The van der Waals surface area contributed by atoms with E-state index in [9.17, 15) is 0 Å². The van der Waals surface area contributed by atoms with Gasteiger partial charge in [0.1, 0.15) is 0 Å². The Bertz CT molecular complexity index is 308. The molecule has 0 heterocycles. The molecule has 1 aromatic carbocycles. The molecule has 0 aliphatic carbocycles. The van der Waals surface area contributed by atoms with Gasteiger partial charge in [0.2, 0.25) is 0 Å². The molecule has 0 N–H and O–H groups in total. The predicted molar refractivity (Wildman–Crippen MR) is 80.0 cm³/mol. The summed E-state index contributed by atoms with van der Waals surface area (Å²) in [5.41, 5.74) is 1.45. The van der Waals surface area contributed by atoms with Crippen LogP contribution >= 0.6 is 0 Å². The lowest BCUT2D eigenvalue weighted by molar-refractivity contribution is 0.190. The summed E-state index contributed by atoms with van der Waals surface area (Å²) in [6.07, 6.45) is 2.42. The van der Waals surface area contributed by atoms with Crippen molar-refractivity contribution in [2.75, 3.05) is 33.7 Å². The summed E-state index contributed by atoms with van der Waals surface area (Å²) in [5.74, 6) is 0. The van der Waals surface area contributed by atoms with Gasteiger partial charge in [0.15, 0.2) is 0 Å². The number of benzene rings is 1. The number of rotatable bonds is 8. The summed E-state index contributed by atoms with van der Waals surface area (Å²) in [6.45, 7) is 8.06. The van der Waals surface area contributed by atoms with E-state index in [1.54, 1.807) is 0 Å². The summed E-state index contributed by atoms with van der Waals surface area (Å²) in [6, 6.07) is 11.5. The first kappa shape index (κ1) is 15.2. The molecule has 1 rings (SSSR count). The van der Waals surface area contributed by atoms with Crippen molar-refractivity contribution in [2.24, 2.45) is 0 Å². The van der Waals surface area contributed by atoms with Crippen LogP contribution < -0.4 is 0 Å². The molecule has 2 nitrogen and oxygen atoms in total. The number of aryl methyl sites for hydroxylation is 1. The molecule has 0 fully saturated rings. The normalized spacial score (nSPS) is 13.2. The van der Waals surface area contributed by atoms with Gasteiger partial charge >= 0.3 is 0 Å². The van der Waals surface area contributed by atoms with E-state index in [0.29, 0.717) is 6.04 Å². The second-order valence-electron chi connectivity index (χ2n) is 5.31. The Labute approximate surface area is 113 Å². The van der Waals surface area contributed by atoms with Crippen molar-refractivity contribution in [2.45, 2.75) is 32.7 Å². The highest BCUT2D eigenvalue weighted by molar-refractivity contribution is 5.14. The van der Waals surface area contributed by atoms with Gasteiger partial charge in [-0.25, -0.2) is 0 Å². The first-order chi connectivity index (χ1) is 8.63. The Morgan fingerprint density at radius 3 is 2.28 bits per heavy atom. The molecule has 0 aliphatic heterocycles. The van der Waals surface area contributed by atoms with Gasteiger partial charge in [0.25, 0.3) is 0 Å². The maximum atomic E-state index is 2.57. The second kappa shape index (κ2) is 8.28. The van der Waals surface area contributed by atoms with Crippen LogP contribution in [0.1, 0.15) is 25.8 Å². The Balaban J connectivity index is 2.35. The summed E-state index contributed by atoms with van der Waals surface area (Å²) >= 11 is 0. The lowest BCUT2D eigenvalue weighted by atomic mass is 10.1. The molecule has 0 saturated carbocycles. The molecule has 0 amide bonds. The Morgan fingerprint density at radius 2 is 1.72 bits per heavy atom. The topological polar surface area (TPSA) is 6.48 Å². The second-order valence-corrected chi connectivity index (χ2v) is 5.31. The third kappa shape index (κ3) is 5.65. The minimum Gasteiger partial charge on any atom is -0.308 e. The Hall–Kier alpha value is -0.860. The van der Waals surface area contributed by atoms with Gasteiger partial charge in [0.05, 0.1) is 0 Å². The van der Waals surface area contributed by atoms with E-state index in [4.69, 9.17) is 0 Å². The zero-order chi connectivity index (χ0) is 13.4. The minimum atomic E-state index is 0.662. The largest absolute Gasteiger partial charge is 0.308 e. The third-order valence-corrected chi connectivity index (χ3v) is 3.56. The Kier molecular flexibility index (Phi) is 6.99. The van der Waals surface area contributed by atoms with Gasteiger partial charge in [0, 0.05) is 19.1 Å². The van der Waals surface area contributed by atoms with Crippen LogP contribution in [0.25, 0.3) is 0 Å². The molecule has 2 heteroatoms. The van der Waals surface area contributed by atoms with Crippen molar-refractivity contribution in [3.05, 3.63) is 35.9 Å². The van der Waals surface area contributed by atoms with E-state index < -0.39 is 0 Å². The zero-order valence-corrected chi connectivity index (χ0v) is 12.4. The average molecular weight is 248 g/mol. The van der Waals surface area contributed by atoms with E-state index in [0.717, 1.165) is 13.1 Å². The molecule has 0 spiro atoms. The summed E-state index contributed by atoms with van der Waals surface area (Å²) in [5, 5.41) is 0. The monoisotopic (exact) mass is 248 g/mol. The molecule has 0 radical (unpaired) electrons. The molecule has 0 saturated heterocycles. The lowest BCUT2D eigenvalue weighted by Gasteiger charge is -2.29. The van der Waals surface area contributed by atoms with Gasteiger partial charge in [-0.15, -0.1) is 0 Å². The van der Waals surface area contributed by atoms with Gasteiger partial charge < -0.3 is 4.90 Å². The van der Waals surface area contributed by atoms with Crippen LogP contribution in [0.3, 0.4) is 0 Å². The first-order valence-electron chi connectivity index (χ1n) is 7.06. The van der Waals surface area contributed by atoms with Crippen LogP contribution in [-0.4, -0.2) is 49.6 Å². The van der Waals surface area contributed by atoms with Crippen LogP contribution in [0.15, 0.2) is 30.3 Å². The molecule has 1 atom stereocenters. The zero-order valence-electron chi connectivity index (χ0n) is 12.4. The van der Waals surface area contributed by atoms with E-state index >= 15 is 0 Å². The third-order valence-electron chi connectivity index (χ3n) is 3.56. The number of hydrogen-bond acceptors (Lipinski definition) is 2. The highest BCUT2D eigenvalue weighted by Gasteiger charge is 2.11. The first-order valence-corrected chi connectivity index (χ1v) is 7.06. The summed E-state index contributed by atoms with van der Waals surface area (Å²) in [7, 11) is 4.28. The van der Waals surface area contributed by atoms with Gasteiger partial charge in [-0.2, -0.15) is 0 Å². The van der Waals surface area contributed by atoms with Crippen molar-refractivity contribution >= 4 is 0 Å². The minimum absolute atomic E-state index is 0.662. The fraction of sp³-hybridized carbons (Fsp3) is 0.625. The molecule has 102 valence electrons. The molecule has 0 bridgehead atoms. The van der Waals surface area contributed by atoms with Crippen molar-refractivity contribution in [1.82, 2.24) is 9.80 Å². The van der Waals surface area contributed by atoms with E-state index in [2.05, 4.69) is 68.1 Å². The fourth-order valence-electron chi connectivity index (χ4n) is 2.22. The molecule has 1 aromatic rings. The van der Waals surface area contributed by atoms with Gasteiger partial charge in [-0.1, -0.05) is 37.3 Å². The van der Waals surface area contributed by atoms with E-state index in [1.807, 2.05) is 0 Å². The van der Waals surface area contributed by atoms with E-state index in [-0.39, 0.29) is 0 Å². The average Bonchev–Trinajstić information content (AvgIpc) is 2.38. The molecular formula is C16H28N2. The van der Waals surface area contributed by atoms with Crippen molar-refractivity contribution < 1.29 is 0 Å². The number of hydrogen-bond donors (Lipinski definition) is 0. The summed E-state index contributed by atoms with van der Waals surface area (Å²) < 4.78 is 0. The predicted octanol–water partition coefficient (Wildman–Crippen LogP) is 2.89. The molecule has 0 unspecified atom stereocenters. The van der Waals surface area contributed by atoms with Crippen LogP contribution in [0.5, 0.6) is 0 Å². The molecule has 0 aliphatic rings. The van der Waals surface area contributed by atoms with Crippen molar-refractivity contribution in [3.8, 4) is 0 Å². The molecule has 18 heavy (non-hydrogen) atoms. The van der Waals surface area contributed by atoms with Crippen molar-refractivity contribution in [1.29, 1.82) is 0 Å². The highest BCUT2D eigenvalue weighted by atomic mass is 15.2. The van der Waals surface area contributed by atoms with Gasteiger partial charge in [-0.3, -0.25) is 4.90 Å². The van der Waals surface area contributed by atoms with Crippen molar-refractivity contribution in [3.63, 3.8) is 0 Å². The molecular weight excluding hydrogens is 220 g/mol. The number of likely N-dealkylation sites (N-methyl/N-ethyl adjacent to an activating group) is 2. The smallest absolute Gasteiger partial charge is 0.0112 e.